The van der Waals surface area contributed by atoms with Crippen molar-refractivity contribution in [1.82, 2.24) is 4.72 Å². The van der Waals surface area contributed by atoms with E-state index in [1.54, 1.807) is 31.2 Å². The minimum absolute atomic E-state index is 0.0128. The molecular formula is C12H20N2O3S. The van der Waals surface area contributed by atoms with E-state index in [0.29, 0.717) is 6.54 Å². The van der Waals surface area contributed by atoms with Crippen molar-refractivity contribution in [3.63, 3.8) is 0 Å². The summed E-state index contributed by atoms with van der Waals surface area (Å²) >= 11 is 0. The number of benzene rings is 1. The second kappa shape index (κ2) is 6.17. The van der Waals surface area contributed by atoms with Crippen molar-refractivity contribution in [2.75, 3.05) is 25.1 Å². The molecule has 0 spiro atoms. The third kappa shape index (κ3) is 3.44. The maximum absolute atomic E-state index is 11.7. The lowest BCUT2D eigenvalue weighted by Gasteiger charge is -2.25. The number of nitrogens with one attached hydrogen (secondary N) is 1. The largest absolute Gasteiger partial charge is 0.394 e. The summed E-state index contributed by atoms with van der Waals surface area (Å²) in [7, 11) is -1.54. The van der Waals surface area contributed by atoms with E-state index in [1.807, 2.05) is 18.9 Å². The van der Waals surface area contributed by atoms with Gasteiger partial charge in [0.25, 0.3) is 0 Å². The standard InChI is InChI=1S/C12H20N2O3S/c1-4-13-18(16,17)12-7-5-11(6-8-12)14(3)10(2)9-15/h5-8,10,13,15H,4,9H2,1-3H3. The number of likely N-dealkylation sites (N-methyl/N-ethyl adjacent to an activating group) is 1. The number of aliphatic hydroxyl groups excluding tert-OH is 1. The summed E-state index contributed by atoms with van der Waals surface area (Å²) in [4.78, 5) is 2.14. The normalized spacial score (nSPS) is 13.3. The molecule has 1 atom stereocenters. The Morgan fingerprint density at radius 1 is 1.33 bits per heavy atom. The third-order valence-electron chi connectivity index (χ3n) is 2.81. The molecule has 6 heteroatoms. The zero-order chi connectivity index (χ0) is 13.8. The summed E-state index contributed by atoms with van der Waals surface area (Å²) < 4.78 is 25.9. The molecule has 0 aliphatic carbocycles. The van der Waals surface area contributed by atoms with Gasteiger partial charge in [-0.1, -0.05) is 6.92 Å². The molecule has 0 bridgehead atoms. The summed E-state index contributed by atoms with van der Waals surface area (Å²) in [5, 5.41) is 9.07. The van der Waals surface area contributed by atoms with E-state index in [9.17, 15) is 8.42 Å². The number of anilines is 1. The van der Waals surface area contributed by atoms with E-state index >= 15 is 0 Å². The summed E-state index contributed by atoms with van der Waals surface area (Å²) in [5.74, 6) is 0. The first-order chi connectivity index (χ1) is 8.42. The van der Waals surface area contributed by atoms with Gasteiger partial charge in [0.05, 0.1) is 11.5 Å². The van der Waals surface area contributed by atoms with Gasteiger partial charge in [0, 0.05) is 25.3 Å². The van der Waals surface area contributed by atoms with Crippen LogP contribution < -0.4 is 9.62 Å². The predicted molar refractivity (Wildman–Crippen MR) is 72.3 cm³/mol. The molecule has 2 N–H and O–H groups in total. The highest BCUT2D eigenvalue weighted by Gasteiger charge is 2.14. The zero-order valence-electron chi connectivity index (χ0n) is 10.9. The number of aliphatic hydroxyl groups is 1. The molecular weight excluding hydrogens is 252 g/mol. The van der Waals surface area contributed by atoms with E-state index < -0.39 is 10.0 Å². The lowest BCUT2D eigenvalue weighted by Crippen LogP contribution is -2.31. The number of nitrogens with zero attached hydrogens (tertiary/aromatic N) is 1. The van der Waals surface area contributed by atoms with Crippen LogP contribution in [0.25, 0.3) is 0 Å². The van der Waals surface area contributed by atoms with Gasteiger partial charge in [0.15, 0.2) is 0 Å². The molecule has 1 aromatic rings. The molecule has 1 unspecified atom stereocenters. The zero-order valence-corrected chi connectivity index (χ0v) is 11.7. The van der Waals surface area contributed by atoms with Crippen LogP contribution in [0.2, 0.25) is 0 Å². The van der Waals surface area contributed by atoms with Gasteiger partial charge in [-0.05, 0) is 31.2 Å². The van der Waals surface area contributed by atoms with Crippen molar-refractivity contribution >= 4 is 15.7 Å². The van der Waals surface area contributed by atoms with Crippen molar-refractivity contribution in [2.45, 2.75) is 24.8 Å². The van der Waals surface area contributed by atoms with Crippen molar-refractivity contribution in [3.8, 4) is 0 Å². The van der Waals surface area contributed by atoms with Crippen LogP contribution in [0.3, 0.4) is 0 Å². The molecule has 0 heterocycles. The van der Waals surface area contributed by atoms with E-state index in [0.717, 1.165) is 5.69 Å². The van der Waals surface area contributed by atoms with Crippen LogP contribution in [0.4, 0.5) is 5.69 Å². The third-order valence-corrected chi connectivity index (χ3v) is 4.38. The van der Waals surface area contributed by atoms with Crippen LogP contribution in [0, 0.1) is 0 Å². The smallest absolute Gasteiger partial charge is 0.240 e. The fraction of sp³-hybridized carbons (Fsp3) is 0.500. The van der Waals surface area contributed by atoms with E-state index in [2.05, 4.69) is 4.72 Å². The van der Waals surface area contributed by atoms with Gasteiger partial charge in [-0.2, -0.15) is 0 Å². The number of sulfonamides is 1. The lowest BCUT2D eigenvalue weighted by atomic mass is 10.2. The predicted octanol–water partition coefficient (Wildman–Crippen LogP) is 0.802. The van der Waals surface area contributed by atoms with Crippen LogP contribution in [0.5, 0.6) is 0 Å². The Morgan fingerprint density at radius 2 is 1.89 bits per heavy atom. The molecule has 0 aliphatic rings. The molecule has 0 aliphatic heterocycles. The van der Waals surface area contributed by atoms with Crippen LogP contribution >= 0.6 is 0 Å². The van der Waals surface area contributed by atoms with E-state index in [4.69, 9.17) is 5.11 Å². The molecule has 0 radical (unpaired) electrons. The van der Waals surface area contributed by atoms with Gasteiger partial charge in [-0.3, -0.25) is 0 Å². The fourth-order valence-electron chi connectivity index (χ4n) is 1.51. The monoisotopic (exact) mass is 272 g/mol. The first-order valence-electron chi connectivity index (χ1n) is 5.85. The topological polar surface area (TPSA) is 69.6 Å². The van der Waals surface area contributed by atoms with Gasteiger partial charge in [0.1, 0.15) is 0 Å². The Morgan fingerprint density at radius 3 is 2.33 bits per heavy atom. The summed E-state index contributed by atoms with van der Waals surface area (Å²) in [6.45, 7) is 4.05. The van der Waals surface area contributed by atoms with Crippen molar-refractivity contribution in [3.05, 3.63) is 24.3 Å². The Bertz CT molecular complexity index is 471. The number of hydrogen-bond donors (Lipinski definition) is 2. The Balaban J connectivity index is 2.93. The van der Waals surface area contributed by atoms with Gasteiger partial charge in [-0.25, -0.2) is 13.1 Å². The second-order valence-corrected chi connectivity index (χ2v) is 5.90. The average Bonchev–Trinajstić information content (AvgIpc) is 2.37. The van der Waals surface area contributed by atoms with Crippen LogP contribution in [0.1, 0.15) is 13.8 Å². The quantitative estimate of drug-likeness (QED) is 0.804. The van der Waals surface area contributed by atoms with Crippen molar-refractivity contribution < 1.29 is 13.5 Å². The minimum Gasteiger partial charge on any atom is -0.394 e. The molecule has 0 saturated carbocycles. The van der Waals surface area contributed by atoms with E-state index in [1.165, 1.54) is 0 Å². The molecule has 1 rings (SSSR count). The molecule has 5 nitrogen and oxygen atoms in total. The first kappa shape index (κ1) is 14.9. The molecule has 0 amide bonds. The molecule has 1 aromatic carbocycles. The molecule has 102 valence electrons. The van der Waals surface area contributed by atoms with Gasteiger partial charge >= 0.3 is 0 Å². The van der Waals surface area contributed by atoms with Crippen molar-refractivity contribution in [2.24, 2.45) is 0 Å². The molecule has 0 saturated heterocycles. The van der Waals surface area contributed by atoms with Crippen LogP contribution in [-0.2, 0) is 10.0 Å². The highest BCUT2D eigenvalue weighted by Crippen LogP contribution is 2.18. The molecule has 0 aromatic heterocycles. The second-order valence-electron chi connectivity index (χ2n) is 4.14. The fourth-order valence-corrected chi connectivity index (χ4v) is 2.55. The Kier molecular flexibility index (Phi) is 5.13. The van der Waals surface area contributed by atoms with E-state index in [-0.39, 0.29) is 17.5 Å². The van der Waals surface area contributed by atoms with Crippen LogP contribution in [-0.4, -0.2) is 39.8 Å². The first-order valence-corrected chi connectivity index (χ1v) is 7.34. The SMILES string of the molecule is CCNS(=O)(=O)c1ccc(N(C)C(C)CO)cc1. The number of hydrogen-bond acceptors (Lipinski definition) is 4. The highest BCUT2D eigenvalue weighted by molar-refractivity contribution is 7.89. The Hall–Kier alpha value is -1.11. The van der Waals surface area contributed by atoms with Crippen molar-refractivity contribution in [1.29, 1.82) is 0 Å². The molecule has 18 heavy (non-hydrogen) atoms. The lowest BCUT2D eigenvalue weighted by molar-refractivity contribution is 0.270. The maximum Gasteiger partial charge on any atom is 0.240 e. The van der Waals surface area contributed by atoms with Gasteiger partial charge in [0.2, 0.25) is 10.0 Å². The molecule has 0 fully saturated rings. The summed E-state index contributed by atoms with van der Waals surface area (Å²) in [6.07, 6.45) is 0. The van der Waals surface area contributed by atoms with Crippen LogP contribution in [0.15, 0.2) is 29.2 Å². The Labute approximate surface area is 108 Å². The highest BCUT2D eigenvalue weighted by atomic mass is 32.2. The average molecular weight is 272 g/mol. The van der Waals surface area contributed by atoms with Gasteiger partial charge < -0.3 is 10.0 Å². The van der Waals surface area contributed by atoms with Gasteiger partial charge in [-0.15, -0.1) is 0 Å². The maximum atomic E-state index is 11.7. The summed E-state index contributed by atoms with van der Waals surface area (Å²) in [6, 6.07) is 6.58. The summed E-state index contributed by atoms with van der Waals surface area (Å²) in [5.41, 5.74) is 0.868. The number of rotatable bonds is 6. The minimum atomic E-state index is -3.40.